The van der Waals surface area contributed by atoms with E-state index in [1.807, 2.05) is 11.5 Å². The molecule has 6 rings (SSSR count). The van der Waals surface area contributed by atoms with Gasteiger partial charge in [-0.2, -0.15) is 13.2 Å². The van der Waals surface area contributed by atoms with Gasteiger partial charge in [0.25, 0.3) is 0 Å². The Hall–Kier alpha value is -3.67. The predicted molar refractivity (Wildman–Crippen MR) is 151 cm³/mol. The summed E-state index contributed by atoms with van der Waals surface area (Å²) in [5, 5.41) is 9.72. The predicted octanol–water partition coefficient (Wildman–Crippen LogP) is 7.03. The van der Waals surface area contributed by atoms with E-state index in [9.17, 15) is 27.5 Å². The molecule has 0 spiro atoms. The largest absolute Gasteiger partial charge is 0.488 e. The Kier molecular flexibility index (Phi) is 7.82. The molecule has 1 N–H and O–H groups in total. The molecule has 7 nitrogen and oxygen atoms in total. The quantitative estimate of drug-likeness (QED) is 0.214. The summed E-state index contributed by atoms with van der Waals surface area (Å²) >= 11 is 5.80. The van der Waals surface area contributed by atoms with Crippen LogP contribution in [0.15, 0.2) is 48.5 Å². The van der Waals surface area contributed by atoms with Crippen molar-refractivity contribution in [2.45, 2.75) is 57.8 Å². The maximum absolute atomic E-state index is 14.3. The van der Waals surface area contributed by atoms with Crippen LogP contribution in [0.5, 0.6) is 5.75 Å². The third-order valence-electron chi connectivity index (χ3n) is 8.17. The number of fused-ring (bicyclic) bond motifs is 2. The molecule has 226 valence electrons. The molecule has 3 heterocycles. The van der Waals surface area contributed by atoms with Crippen LogP contribution in [0.25, 0.3) is 11.0 Å². The highest BCUT2D eigenvalue weighted by Crippen LogP contribution is 2.41. The van der Waals surface area contributed by atoms with Gasteiger partial charge >= 0.3 is 12.1 Å². The molecule has 4 aromatic rings. The molecule has 1 unspecified atom stereocenters. The van der Waals surface area contributed by atoms with E-state index in [-0.39, 0.29) is 34.0 Å². The zero-order valence-corrected chi connectivity index (χ0v) is 23.9. The van der Waals surface area contributed by atoms with Crippen LogP contribution in [0.4, 0.5) is 17.6 Å². The number of nitrogens with zero attached hydrogens (tertiary/aromatic N) is 3. The standard InChI is InChI=1S/C31H28ClF4N3O4/c1-17(29-37-26-5-3-19(30(40)41)11-27(26)39(29)15-23-7-9-42-23)38-8-6-18-10-24(31(34,35)36)28(12-21(18)14-38)43-16-20-2-4-22(32)13-25(20)33/h2-5,10-13,17,23H,6-9,14-16H2,1H3,(H,40,41)/t17?,23-/m0/s1. The lowest BCUT2D eigenvalue weighted by Gasteiger charge is -2.35. The normalized spacial score (nSPS) is 17.9. The summed E-state index contributed by atoms with van der Waals surface area (Å²) in [6.07, 6.45) is -3.40. The van der Waals surface area contributed by atoms with Crippen molar-refractivity contribution >= 4 is 28.6 Å². The molecule has 1 saturated heterocycles. The number of rotatable bonds is 8. The van der Waals surface area contributed by atoms with Crippen molar-refractivity contribution in [3.05, 3.63) is 93.0 Å². The summed E-state index contributed by atoms with van der Waals surface area (Å²) in [6.45, 7) is 3.59. The molecule has 0 amide bonds. The first-order chi connectivity index (χ1) is 20.5. The summed E-state index contributed by atoms with van der Waals surface area (Å²) in [4.78, 5) is 18.6. The van der Waals surface area contributed by atoms with Crippen molar-refractivity contribution in [1.29, 1.82) is 0 Å². The number of imidazole rings is 1. The molecule has 0 radical (unpaired) electrons. The topological polar surface area (TPSA) is 76.8 Å². The van der Waals surface area contributed by atoms with Gasteiger partial charge in [-0.05, 0) is 73.4 Å². The van der Waals surface area contributed by atoms with Crippen LogP contribution in [0, 0.1) is 5.82 Å². The Labute approximate surface area is 249 Å². The van der Waals surface area contributed by atoms with Gasteiger partial charge in [0.05, 0.1) is 40.9 Å². The van der Waals surface area contributed by atoms with Crippen LogP contribution in [0.1, 0.15) is 57.8 Å². The van der Waals surface area contributed by atoms with Gasteiger partial charge in [0, 0.05) is 30.3 Å². The Morgan fingerprint density at radius 1 is 1.19 bits per heavy atom. The van der Waals surface area contributed by atoms with Crippen molar-refractivity contribution in [1.82, 2.24) is 14.5 Å². The summed E-state index contributed by atoms with van der Waals surface area (Å²) in [5.41, 5.74) is 1.93. The molecule has 1 aromatic heterocycles. The lowest BCUT2D eigenvalue weighted by Crippen LogP contribution is -2.36. The number of ether oxygens (including phenoxy) is 2. The van der Waals surface area contributed by atoms with Crippen molar-refractivity contribution in [2.75, 3.05) is 13.2 Å². The van der Waals surface area contributed by atoms with Crippen molar-refractivity contribution < 1.29 is 36.9 Å². The molecule has 3 aromatic carbocycles. The molecule has 2 atom stereocenters. The first kappa shape index (κ1) is 29.4. The third-order valence-corrected chi connectivity index (χ3v) is 8.41. The first-order valence-electron chi connectivity index (χ1n) is 13.9. The van der Waals surface area contributed by atoms with Crippen LogP contribution >= 0.6 is 11.6 Å². The van der Waals surface area contributed by atoms with Crippen molar-refractivity contribution in [3.8, 4) is 5.75 Å². The molecule has 12 heteroatoms. The van der Waals surface area contributed by atoms with E-state index < -0.39 is 30.1 Å². The summed E-state index contributed by atoms with van der Waals surface area (Å²) in [7, 11) is 0. The Morgan fingerprint density at radius 3 is 2.65 bits per heavy atom. The van der Waals surface area contributed by atoms with E-state index in [0.29, 0.717) is 54.8 Å². The number of carboxylic acid groups (broad SMARTS) is 1. The Morgan fingerprint density at radius 2 is 1.98 bits per heavy atom. The second-order valence-corrected chi connectivity index (χ2v) is 11.3. The lowest BCUT2D eigenvalue weighted by atomic mass is 9.95. The fraction of sp³-hybridized carbons (Fsp3) is 0.355. The zero-order valence-electron chi connectivity index (χ0n) is 23.1. The average Bonchev–Trinajstić information content (AvgIpc) is 3.30. The minimum absolute atomic E-state index is 0.00936. The summed E-state index contributed by atoms with van der Waals surface area (Å²) < 4.78 is 69.6. The highest BCUT2D eigenvalue weighted by Gasteiger charge is 2.37. The van der Waals surface area contributed by atoms with Gasteiger partial charge in [0.1, 0.15) is 24.0 Å². The van der Waals surface area contributed by atoms with Gasteiger partial charge in [0.2, 0.25) is 0 Å². The Balaban J connectivity index is 1.30. The molecule has 1 fully saturated rings. The molecule has 0 saturated carbocycles. The van der Waals surface area contributed by atoms with Crippen molar-refractivity contribution in [2.24, 2.45) is 0 Å². The molecule has 0 bridgehead atoms. The number of hydrogen-bond donors (Lipinski definition) is 1. The Bertz CT molecular complexity index is 1700. The molecule has 43 heavy (non-hydrogen) atoms. The van der Waals surface area contributed by atoms with Crippen LogP contribution in [0.2, 0.25) is 5.02 Å². The highest BCUT2D eigenvalue weighted by atomic mass is 35.5. The zero-order chi connectivity index (χ0) is 30.5. The molecule has 0 aliphatic carbocycles. The van der Waals surface area contributed by atoms with Gasteiger partial charge in [0.15, 0.2) is 0 Å². The third kappa shape index (κ3) is 5.93. The van der Waals surface area contributed by atoms with Gasteiger partial charge in [-0.3, -0.25) is 4.90 Å². The summed E-state index contributed by atoms with van der Waals surface area (Å²) in [5.74, 6) is -1.35. The van der Waals surface area contributed by atoms with Crippen LogP contribution < -0.4 is 4.74 Å². The number of hydrogen-bond acceptors (Lipinski definition) is 5. The number of alkyl halides is 3. The van der Waals surface area contributed by atoms with E-state index in [2.05, 4.69) is 4.90 Å². The van der Waals surface area contributed by atoms with Crippen LogP contribution in [-0.4, -0.2) is 44.8 Å². The maximum atomic E-state index is 14.3. The second kappa shape index (κ2) is 11.4. The lowest BCUT2D eigenvalue weighted by molar-refractivity contribution is -0.139. The van der Waals surface area contributed by atoms with Gasteiger partial charge < -0.3 is 19.1 Å². The van der Waals surface area contributed by atoms with E-state index in [1.54, 1.807) is 12.1 Å². The maximum Gasteiger partial charge on any atom is 0.419 e. The smallest absolute Gasteiger partial charge is 0.419 e. The summed E-state index contributed by atoms with van der Waals surface area (Å²) in [6, 6.07) is 11.0. The minimum atomic E-state index is -4.66. The number of halogens is 5. The molecular formula is C31H28ClF4N3O4. The molecule has 2 aliphatic rings. The number of aromatic nitrogens is 2. The first-order valence-corrected chi connectivity index (χ1v) is 14.2. The van der Waals surface area contributed by atoms with Crippen molar-refractivity contribution in [3.63, 3.8) is 0 Å². The van der Waals surface area contributed by atoms with E-state index in [1.165, 1.54) is 24.3 Å². The van der Waals surface area contributed by atoms with Gasteiger partial charge in [-0.15, -0.1) is 0 Å². The molecular weight excluding hydrogens is 590 g/mol. The fourth-order valence-electron chi connectivity index (χ4n) is 5.65. The molecule has 2 aliphatic heterocycles. The van der Waals surface area contributed by atoms with E-state index in [0.717, 1.165) is 24.4 Å². The fourth-order valence-corrected chi connectivity index (χ4v) is 5.81. The highest BCUT2D eigenvalue weighted by molar-refractivity contribution is 6.30. The average molecular weight is 618 g/mol. The number of benzene rings is 3. The van der Waals surface area contributed by atoms with Crippen LogP contribution in [0.3, 0.4) is 0 Å². The van der Waals surface area contributed by atoms with E-state index >= 15 is 0 Å². The van der Waals surface area contributed by atoms with Gasteiger partial charge in [-0.25, -0.2) is 14.2 Å². The number of carbonyl (C=O) groups is 1. The SMILES string of the molecule is CC(c1nc2ccc(C(=O)O)cc2n1C[C@@H]1CCO1)N1CCc2cc(C(F)(F)F)c(OCc3ccc(Cl)cc3F)cc2C1. The number of aromatic carboxylic acids is 1. The van der Waals surface area contributed by atoms with Gasteiger partial charge in [-0.1, -0.05) is 17.7 Å². The van der Waals surface area contributed by atoms with Crippen LogP contribution in [-0.2, 0) is 37.0 Å². The second-order valence-electron chi connectivity index (χ2n) is 10.9. The van der Waals surface area contributed by atoms with E-state index in [4.69, 9.17) is 26.1 Å². The monoisotopic (exact) mass is 617 g/mol. The minimum Gasteiger partial charge on any atom is -0.488 e. The number of carboxylic acids is 1.